The molecule has 3 aromatic rings. The van der Waals surface area contributed by atoms with Crippen LogP contribution in [0.2, 0.25) is 0 Å². The normalized spacial score (nSPS) is 13.1. The van der Waals surface area contributed by atoms with E-state index < -0.39 is 28.9 Å². The number of amides is 1. The highest BCUT2D eigenvalue weighted by molar-refractivity contribution is 5.97. The smallest absolute Gasteiger partial charge is 0.329 e. The predicted octanol–water partition coefficient (Wildman–Crippen LogP) is 4.03. The van der Waals surface area contributed by atoms with Gasteiger partial charge in [0.2, 0.25) is 0 Å². The van der Waals surface area contributed by atoms with E-state index in [1.165, 1.54) is 25.1 Å². The lowest BCUT2D eigenvalue weighted by molar-refractivity contribution is -0.384. The molecule has 1 atom stereocenters. The molecule has 1 amide bonds. The lowest BCUT2D eigenvalue weighted by atomic mass is 10.1. The first-order valence-corrected chi connectivity index (χ1v) is 9.39. The summed E-state index contributed by atoms with van der Waals surface area (Å²) >= 11 is 0. The van der Waals surface area contributed by atoms with Gasteiger partial charge in [-0.2, -0.15) is 0 Å². The lowest BCUT2D eigenvalue weighted by Gasteiger charge is -2.19. The summed E-state index contributed by atoms with van der Waals surface area (Å²) in [6.07, 6.45) is -0.554. The minimum absolute atomic E-state index is 0.0976. The molecule has 0 unspecified atom stereocenters. The van der Waals surface area contributed by atoms with Crippen molar-refractivity contribution < 1.29 is 19.2 Å². The van der Waals surface area contributed by atoms with Crippen molar-refractivity contribution in [1.29, 1.82) is 0 Å². The highest BCUT2D eigenvalue weighted by Crippen LogP contribution is 2.45. The Morgan fingerprint density at radius 1 is 0.967 bits per heavy atom. The number of benzene rings is 3. The molecule has 3 aromatic carbocycles. The number of nitrogens with one attached hydrogen (secondary N) is 1. The average molecular weight is 402 g/mol. The molecule has 7 heteroatoms. The number of ether oxygens (including phenoxy) is 1. The van der Waals surface area contributed by atoms with Crippen molar-refractivity contribution in [1.82, 2.24) is 5.32 Å². The fourth-order valence-corrected chi connectivity index (χ4v) is 3.55. The molecule has 7 nitrogen and oxygen atoms in total. The number of non-ortho nitro benzene ring substituents is 1. The summed E-state index contributed by atoms with van der Waals surface area (Å²) in [5.41, 5.74) is 3.71. The largest absolute Gasteiger partial charge is 0.451 e. The average Bonchev–Trinajstić information content (AvgIpc) is 3.07. The van der Waals surface area contributed by atoms with E-state index in [0.29, 0.717) is 0 Å². The fourth-order valence-electron chi connectivity index (χ4n) is 3.55. The second-order valence-electron chi connectivity index (χ2n) is 6.99. The van der Waals surface area contributed by atoms with E-state index in [9.17, 15) is 19.7 Å². The van der Waals surface area contributed by atoms with E-state index in [2.05, 4.69) is 5.32 Å². The highest BCUT2D eigenvalue weighted by atomic mass is 16.6. The van der Waals surface area contributed by atoms with Gasteiger partial charge in [-0.3, -0.25) is 14.9 Å². The summed E-state index contributed by atoms with van der Waals surface area (Å²) in [5.74, 6) is -1.18. The van der Waals surface area contributed by atoms with Gasteiger partial charge in [0.15, 0.2) is 6.10 Å². The van der Waals surface area contributed by atoms with Crippen LogP contribution in [0.4, 0.5) is 5.69 Å². The van der Waals surface area contributed by atoms with Crippen LogP contribution < -0.4 is 5.32 Å². The van der Waals surface area contributed by atoms with Crippen LogP contribution in [0, 0.1) is 10.1 Å². The number of fused-ring (bicyclic) bond motifs is 3. The quantitative estimate of drug-likeness (QED) is 0.395. The molecule has 0 bridgehead atoms. The molecule has 0 radical (unpaired) electrons. The number of carbonyl (C=O) groups excluding carboxylic acids is 2. The van der Waals surface area contributed by atoms with Crippen molar-refractivity contribution in [2.45, 2.75) is 19.1 Å². The number of nitro benzene ring substituents is 1. The molecule has 4 rings (SSSR count). The van der Waals surface area contributed by atoms with Gasteiger partial charge in [0.1, 0.15) is 6.04 Å². The predicted molar refractivity (Wildman–Crippen MR) is 110 cm³/mol. The van der Waals surface area contributed by atoms with Gasteiger partial charge in [-0.1, -0.05) is 54.6 Å². The first kappa shape index (κ1) is 19.3. The van der Waals surface area contributed by atoms with Crippen LogP contribution in [0.25, 0.3) is 11.1 Å². The summed E-state index contributed by atoms with van der Waals surface area (Å²) in [7, 11) is 0. The van der Waals surface area contributed by atoms with Gasteiger partial charge < -0.3 is 10.1 Å². The van der Waals surface area contributed by atoms with Crippen molar-refractivity contribution in [2.75, 3.05) is 0 Å². The monoisotopic (exact) mass is 402 g/mol. The number of hydrogen-bond acceptors (Lipinski definition) is 5. The van der Waals surface area contributed by atoms with Crippen molar-refractivity contribution in [3.8, 4) is 11.1 Å². The molecule has 0 aromatic heterocycles. The molecular formula is C23H18N2O5. The lowest BCUT2D eigenvalue weighted by Crippen LogP contribution is -2.40. The van der Waals surface area contributed by atoms with E-state index >= 15 is 0 Å². The van der Waals surface area contributed by atoms with E-state index in [0.717, 1.165) is 28.3 Å². The molecule has 0 heterocycles. The minimum atomic E-state index is -0.934. The van der Waals surface area contributed by atoms with Crippen LogP contribution in [-0.2, 0) is 9.53 Å². The van der Waals surface area contributed by atoms with E-state index in [1.807, 2.05) is 48.5 Å². The minimum Gasteiger partial charge on any atom is -0.451 e. The molecule has 0 fully saturated rings. The van der Waals surface area contributed by atoms with E-state index in [1.54, 1.807) is 0 Å². The topological polar surface area (TPSA) is 98.5 Å². The van der Waals surface area contributed by atoms with Crippen molar-refractivity contribution in [3.05, 3.63) is 99.6 Å². The third-order valence-corrected chi connectivity index (χ3v) is 5.03. The number of carbonyl (C=O) groups is 2. The van der Waals surface area contributed by atoms with Crippen molar-refractivity contribution in [2.24, 2.45) is 0 Å². The maximum absolute atomic E-state index is 12.7. The Hall–Kier alpha value is -4.00. The van der Waals surface area contributed by atoms with Gasteiger partial charge in [0.25, 0.3) is 11.6 Å². The van der Waals surface area contributed by atoms with Crippen LogP contribution in [0.15, 0.2) is 72.8 Å². The summed E-state index contributed by atoms with van der Waals surface area (Å²) in [6, 6.07) is 19.8. The van der Waals surface area contributed by atoms with Crippen LogP contribution in [0.3, 0.4) is 0 Å². The Labute approximate surface area is 172 Å². The number of rotatable bonds is 5. The number of hydrogen-bond donors (Lipinski definition) is 1. The summed E-state index contributed by atoms with van der Waals surface area (Å²) in [6.45, 7) is 1.52. The molecule has 150 valence electrons. The Morgan fingerprint density at radius 2 is 1.57 bits per heavy atom. The zero-order valence-corrected chi connectivity index (χ0v) is 16.1. The maximum Gasteiger partial charge on any atom is 0.329 e. The Morgan fingerprint density at radius 3 is 2.17 bits per heavy atom. The van der Waals surface area contributed by atoms with Gasteiger partial charge >= 0.3 is 5.97 Å². The first-order valence-electron chi connectivity index (χ1n) is 9.39. The summed E-state index contributed by atoms with van der Waals surface area (Å²) in [5, 5.41) is 13.4. The van der Waals surface area contributed by atoms with E-state index in [4.69, 9.17) is 4.74 Å². The highest BCUT2D eigenvalue weighted by Gasteiger charge is 2.32. The number of esters is 1. The van der Waals surface area contributed by atoms with Crippen molar-refractivity contribution >= 4 is 17.6 Å². The summed E-state index contributed by atoms with van der Waals surface area (Å²) < 4.78 is 5.76. The van der Waals surface area contributed by atoms with Crippen LogP contribution in [0.5, 0.6) is 0 Å². The van der Waals surface area contributed by atoms with Gasteiger partial charge in [0.05, 0.1) is 4.92 Å². The van der Waals surface area contributed by atoms with Crippen LogP contribution >= 0.6 is 0 Å². The molecule has 1 N–H and O–H groups in total. The zero-order valence-electron chi connectivity index (χ0n) is 16.1. The van der Waals surface area contributed by atoms with Gasteiger partial charge in [0, 0.05) is 28.8 Å². The maximum atomic E-state index is 12.7. The Balaban J connectivity index is 1.50. The third-order valence-electron chi connectivity index (χ3n) is 5.03. The fraction of sp³-hybridized carbons (Fsp3) is 0.130. The molecule has 1 aliphatic carbocycles. The third kappa shape index (κ3) is 3.53. The second-order valence-corrected chi connectivity index (χ2v) is 6.99. The van der Waals surface area contributed by atoms with Crippen LogP contribution in [0.1, 0.15) is 34.5 Å². The van der Waals surface area contributed by atoms with E-state index in [-0.39, 0.29) is 11.3 Å². The van der Waals surface area contributed by atoms with Gasteiger partial charge in [-0.15, -0.1) is 0 Å². The molecule has 30 heavy (non-hydrogen) atoms. The van der Waals surface area contributed by atoms with Crippen molar-refractivity contribution in [3.63, 3.8) is 0 Å². The van der Waals surface area contributed by atoms with Gasteiger partial charge in [-0.25, -0.2) is 4.79 Å². The standard InChI is InChI=1S/C23H18N2O5/c1-14(24-22(26)15-7-6-8-16(13-15)25(28)29)23(27)30-21-19-11-4-2-9-17(19)18-10-3-5-12-20(18)21/h2-14,21H,1H3,(H,24,26)/t14-/m0/s1. The summed E-state index contributed by atoms with van der Waals surface area (Å²) in [4.78, 5) is 35.5. The SMILES string of the molecule is C[C@H](NC(=O)c1cccc([N+](=O)[O-])c1)C(=O)OC1c2ccccc2-c2ccccc21. The first-order chi connectivity index (χ1) is 14.5. The van der Waals surface area contributed by atoms with Crippen LogP contribution in [-0.4, -0.2) is 22.8 Å². The number of nitrogens with zero attached hydrogens (tertiary/aromatic N) is 1. The number of nitro groups is 1. The Kier molecular flexibility index (Phi) is 5.02. The Bertz CT molecular complexity index is 1110. The molecule has 0 saturated heterocycles. The molecule has 0 spiro atoms. The molecule has 0 aliphatic heterocycles. The zero-order chi connectivity index (χ0) is 21.3. The molecule has 1 aliphatic rings. The molecule has 0 saturated carbocycles. The molecular weight excluding hydrogens is 384 g/mol. The van der Waals surface area contributed by atoms with Gasteiger partial charge in [-0.05, 0) is 24.1 Å². The second kappa shape index (κ2) is 7.79.